The quantitative estimate of drug-likeness (QED) is 0.456. The molecule has 0 amide bonds. The topological polar surface area (TPSA) is 41.8 Å². The van der Waals surface area contributed by atoms with Crippen LogP contribution in [0.2, 0.25) is 0 Å². The van der Waals surface area contributed by atoms with Crippen LogP contribution in [0.25, 0.3) is 0 Å². The van der Waals surface area contributed by atoms with Crippen molar-refractivity contribution in [1.82, 2.24) is 0 Å². The highest BCUT2D eigenvalue weighted by molar-refractivity contribution is 5.88. The Hall–Kier alpha value is -0.570. The third-order valence-corrected chi connectivity index (χ3v) is 10.9. The summed E-state index contributed by atoms with van der Waals surface area (Å²) >= 11 is 0. The maximum Gasteiger partial charge on any atom is 0.106 e. The van der Waals surface area contributed by atoms with Gasteiger partial charge in [0.1, 0.15) is 7.11 Å². The fraction of sp³-hybridized carbons (Fsp3) is 0.964. The molecule has 4 fully saturated rings. The molecule has 0 aromatic rings. The number of aliphatic hydroxyl groups excluding tert-OH is 1. The van der Waals surface area contributed by atoms with Crippen LogP contribution in [0.4, 0.5) is 0 Å². The average Bonchev–Trinajstić information content (AvgIpc) is 3.06. The highest BCUT2D eigenvalue weighted by Gasteiger charge is 2.62. The van der Waals surface area contributed by atoms with Gasteiger partial charge in [-0.1, -0.05) is 59.0 Å². The second kappa shape index (κ2) is 8.99. The van der Waals surface area contributed by atoms with Crippen molar-refractivity contribution in [2.75, 3.05) is 7.11 Å². The molecule has 0 aromatic carbocycles. The van der Waals surface area contributed by atoms with Crippen LogP contribution in [0.3, 0.4) is 0 Å². The first-order valence-corrected chi connectivity index (χ1v) is 13.5. The predicted octanol–water partition coefficient (Wildman–Crippen LogP) is 7.08. The molecule has 4 aliphatic rings. The van der Waals surface area contributed by atoms with Gasteiger partial charge in [0.05, 0.1) is 11.8 Å². The van der Waals surface area contributed by atoms with E-state index in [9.17, 15) is 5.11 Å². The van der Waals surface area contributed by atoms with Gasteiger partial charge in [0.15, 0.2) is 0 Å². The van der Waals surface area contributed by atoms with Gasteiger partial charge in [-0.25, -0.2) is 0 Å². The Bertz CT molecular complexity index is 659. The van der Waals surface area contributed by atoms with E-state index in [1.54, 1.807) is 7.11 Å². The van der Waals surface area contributed by atoms with Gasteiger partial charge >= 0.3 is 0 Å². The Labute approximate surface area is 191 Å². The SMILES string of the molecule is CO/N=C1\CC2C(CC[C@@]3(C)C2CCC3[C@H](C)CCCC(C)C)[C@@]2(C)CC[C@H](O)CC12. The second-order valence-electron chi connectivity index (χ2n) is 12.9. The molecule has 3 nitrogen and oxygen atoms in total. The maximum absolute atomic E-state index is 10.4. The van der Waals surface area contributed by atoms with E-state index < -0.39 is 0 Å². The van der Waals surface area contributed by atoms with Crippen LogP contribution < -0.4 is 0 Å². The fourth-order valence-corrected chi connectivity index (χ4v) is 9.29. The summed E-state index contributed by atoms with van der Waals surface area (Å²) in [5.41, 5.74) is 2.07. The number of fused-ring (bicyclic) bond motifs is 5. The van der Waals surface area contributed by atoms with Gasteiger partial charge in [0.2, 0.25) is 0 Å². The zero-order chi connectivity index (χ0) is 22.4. The molecule has 4 rings (SSSR count). The van der Waals surface area contributed by atoms with Gasteiger partial charge in [-0.15, -0.1) is 0 Å². The van der Waals surface area contributed by atoms with Crippen molar-refractivity contribution in [2.45, 2.75) is 111 Å². The lowest BCUT2D eigenvalue weighted by Gasteiger charge is -2.61. The zero-order valence-corrected chi connectivity index (χ0v) is 21.2. The molecule has 31 heavy (non-hydrogen) atoms. The van der Waals surface area contributed by atoms with E-state index in [1.807, 2.05) is 0 Å². The predicted molar refractivity (Wildman–Crippen MR) is 129 cm³/mol. The van der Waals surface area contributed by atoms with Crippen LogP contribution in [0.5, 0.6) is 0 Å². The molecule has 3 heteroatoms. The van der Waals surface area contributed by atoms with Crippen LogP contribution in [0, 0.1) is 52.3 Å². The molecule has 0 saturated heterocycles. The van der Waals surface area contributed by atoms with Crippen LogP contribution in [-0.4, -0.2) is 24.0 Å². The molecule has 0 aliphatic heterocycles. The van der Waals surface area contributed by atoms with Crippen molar-refractivity contribution in [3.8, 4) is 0 Å². The smallest absolute Gasteiger partial charge is 0.106 e. The van der Waals surface area contributed by atoms with E-state index >= 15 is 0 Å². The Balaban J connectivity index is 1.55. The van der Waals surface area contributed by atoms with Crippen LogP contribution in [0.1, 0.15) is 105 Å². The van der Waals surface area contributed by atoms with Crippen molar-refractivity contribution >= 4 is 5.71 Å². The first kappa shape index (κ1) is 23.6. The molecule has 0 heterocycles. The lowest BCUT2D eigenvalue weighted by Crippen LogP contribution is -2.57. The molecule has 4 aliphatic carbocycles. The van der Waals surface area contributed by atoms with Crippen molar-refractivity contribution in [2.24, 2.45) is 57.4 Å². The van der Waals surface area contributed by atoms with Gasteiger partial charge in [0, 0.05) is 5.92 Å². The van der Waals surface area contributed by atoms with Gasteiger partial charge in [-0.05, 0) is 97.7 Å². The maximum atomic E-state index is 10.4. The van der Waals surface area contributed by atoms with Crippen LogP contribution in [0.15, 0.2) is 5.16 Å². The molecule has 0 bridgehead atoms. The zero-order valence-electron chi connectivity index (χ0n) is 21.2. The molecule has 9 atom stereocenters. The lowest BCUT2D eigenvalue weighted by molar-refractivity contribution is -0.0949. The van der Waals surface area contributed by atoms with Gasteiger partial charge < -0.3 is 9.94 Å². The summed E-state index contributed by atoms with van der Waals surface area (Å²) in [7, 11) is 1.70. The molecular formula is C28H49NO2. The molecule has 1 N–H and O–H groups in total. The lowest BCUT2D eigenvalue weighted by atomic mass is 9.44. The summed E-state index contributed by atoms with van der Waals surface area (Å²) in [6.45, 7) is 12.5. The molecule has 5 unspecified atom stereocenters. The summed E-state index contributed by atoms with van der Waals surface area (Å²) in [6.07, 6.45) is 13.8. The highest BCUT2D eigenvalue weighted by Crippen LogP contribution is 2.68. The Morgan fingerprint density at radius 2 is 1.71 bits per heavy atom. The van der Waals surface area contributed by atoms with E-state index in [2.05, 4.69) is 39.8 Å². The molecule has 0 spiro atoms. The number of hydrogen-bond donors (Lipinski definition) is 1. The van der Waals surface area contributed by atoms with E-state index in [0.29, 0.717) is 16.7 Å². The molecule has 0 radical (unpaired) electrons. The minimum absolute atomic E-state index is 0.159. The average molecular weight is 432 g/mol. The fourth-order valence-electron chi connectivity index (χ4n) is 9.29. The van der Waals surface area contributed by atoms with Gasteiger partial charge in [-0.3, -0.25) is 0 Å². The summed E-state index contributed by atoms with van der Waals surface area (Å²) in [5.74, 6) is 5.40. The third-order valence-electron chi connectivity index (χ3n) is 10.9. The van der Waals surface area contributed by atoms with Crippen LogP contribution in [-0.2, 0) is 4.84 Å². The van der Waals surface area contributed by atoms with Crippen molar-refractivity contribution in [1.29, 1.82) is 0 Å². The Morgan fingerprint density at radius 3 is 2.42 bits per heavy atom. The van der Waals surface area contributed by atoms with E-state index in [4.69, 9.17) is 4.84 Å². The Kier molecular flexibility index (Phi) is 6.84. The summed E-state index contributed by atoms with van der Waals surface area (Å²) < 4.78 is 0. The first-order chi connectivity index (χ1) is 14.7. The number of nitrogens with zero attached hydrogens (tertiary/aromatic N) is 1. The number of aliphatic hydroxyl groups is 1. The molecule has 178 valence electrons. The summed E-state index contributed by atoms with van der Waals surface area (Å²) in [4.78, 5) is 5.36. The van der Waals surface area contributed by atoms with Gasteiger partial charge in [-0.2, -0.15) is 0 Å². The van der Waals surface area contributed by atoms with Gasteiger partial charge in [0.25, 0.3) is 0 Å². The number of rotatable bonds is 6. The Morgan fingerprint density at radius 1 is 1.00 bits per heavy atom. The normalized spacial score (nSPS) is 47.0. The van der Waals surface area contributed by atoms with Crippen LogP contribution >= 0.6 is 0 Å². The van der Waals surface area contributed by atoms with Crippen molar-refractivity contribution in [3.05, 3.63) is 0 Å². The number of hydrogen-bond acceptors (Lipinski definition) is 3. The second-order valence-corrected chi connectivity index (χ2v) is 12.9. The minimum Gasteiger partial charge on any atom is -0.399 e. The van der Waals surface area contributed by atoms with E-state index in [-0.39, 0.29) is 6.10 Å². The largest absolute Gasteiger partial charge is 0.399 e. The van der Waals surface area contributed by atoms with Crippen molar-refractivity contribution < 1.29 is 9.94 Å². The molecule has 0 aromatic heterocycles. The van der Waals surface area contributed by atoms with Crippen molar-refractivity contribution in [3.63, 3.8) is 0 Å². The molecule has 4 saturated carbocycles. The van der Waals surface area contributed by atoms with E-state index in [1.165, 1.54) is 50.7 Å². The van der Waals surface area contributed by atoms with E-state index in [0.717, 1.165) is 61.2 Å². The number of oxime groups is 1. The minimum atomic E-state index is -0.159. The summed E-state index contributed by atoms with van der Waals surface area (Å²) in [6, 6.07) is 0. The third kappa shape index (κ3) is 4.11. The first-order valence-electron chi connectivity index (χ1n) is 13.5. The molecular weight excluding hydrogens is 382 g/mol. The highest BCUT2D eigenvalue weighted by atomic mass is 16.6. The summed E-state index contributed by atoms with van der Waals surface area (Å²) in [5, 5.41) is 15.0. The standard InChI is InChI=1S/C28H49NO2/c1-18(2)8-7-9-19(3)22-10-11-23-21-17-26(29-31-6)25-16-20(30)12-14-28(25,5)24(21)13-15-27(22,23)4/h18-25,30H,7-17H2,1-6H3/b29-26+/t19-,20+,21?,22?,23?,24?,25?,27-,28-/m1/s1. The monoisotopic (exact) mass is 431 g/mol.